The Balaban J connectivity index is 0.00000512. The van der Waals surface area contributed by atoms with Gasteiger partial charge in [0.1, 0.15) is 0 Å². The van der Waals surface area contributed by atoms with Gasteiger partial charge < -0.3 is 0 Å². The first-order valence-electron chi connectivity index (χ1n) is 12.5. The fourth-order valence-corrected chi connectivity index (χ4v) is 3.93. The summed E-state index contributed by atoms with van der Waals surface area (Å²) in [7, 11) is 0. The zero-order valence-corrected chi connectivity index (χ0v) is 21.6. The first-order valence-corrected chi connectivity index (χ1v) is 12.5. The zero-order chi connectivity index (χ0) is 22.3. The van der Waals surface area contributed by atoms with E-state index in [1.54, 1.807) is 0 Å². The van der Waals surface area contributed by atoms with Crippen molar-refractivity contribution in [1.82, 2.24) is 0 Å². The van der Waals surface area contributed by atoms with Crippen LogP contribution in [0.4, 0.5) is 11.4 Å². The number of benzene rings is 2. The van der Waals surface area contributed by atoms with Gasteiger partial charge in [-0.2, -0.15) is 0 Å². The number of para-hydroxylation sites is 1. The van der Waals surface area contributed by atoms with E-state index in [9.17, 15) is 0 Å². The number of unbranched alkanes of at least 4 members (excludes halogenated alkanes) is 3. The molecule has 0 aliphatic heterocycles. The first kappa shape index (κ1) is 28.3. The van der Waals surface area contributed by atoms with E-state index >= 15 is 0 Å². The predicted octanol–water partition coefficient (Wildman–Crippen LogP) is 9.20. The van der Waals surface area contributed by atoms with Gasteiger partial charge in [-0.05, 0) is 73.9 Å². The van der Waals surface area contributed by atoms with Crippen molar-refractivity contribution in [1.29, 1.82) is 0 Å². The Labute approximate surface area is 207 Å². The second kappa shape index (κ2) is 16.8. The van der Waals surface area contributed by atoms with E-state index in [-0.39, 0.29) is 16.5 Å². The Morgan fingerprint density at radius 2 is 1.19 bits per heavy atom. The molecule has 0 aromatic heterocycles. The Hall–Kier alpha value is -1.73. The average Bonchev–Trinajstić information content (AvgIpc) is 2.79. The van der Waals surface area contributed by atoms with E-state index in [1.165, 1.54) is 61.1 Å². The second-order valence-corrected chi connectivity index (χ2v) is 8.47. The van der Waals surface area contributed by atoms with E-state index in [0.717, 1.165) is 43.5 Å². The van der Waals surface area contributed by atoms with Crippen LogP contribution in [0.2, 0.25) is 0 Å². The fourth-order valence-electron chi connectivity index (χ4n) is 3.93. The predicted molar refractivity (Wildman–Crippen MR) is 139 cm³/mol. The average molecular weight is 477 g/mol. The van der Waals surface area contributed by atoms with Crippen LogP contribution >= 0.6 is 0 Å². The molecular formula is C29H42N2Ni. The third-order valence-corrected chi connectivity index (χ3v) is 5.63. The summed E-state index contributed by atoms with van der Waals surface area (Å²) in [6.07, 6.45) is 12.6. The summed E-state index contributed by atoms with van der Waals surface area (Å²) in [5.41, 5.74) is 7.41. The molecule has 0 saturated carbocycles. The van der Waals surface area contributed by atoms with Crippen LogP contribution in [-0.2, 0) is 29.3 Å². The third kappa shape index (κ3) is 9.82. The molecule has 0 saturated heterocycles. The Bertz CT molecular complexity index is 824. The van der Waals surface area contributed by atoms with Crippen LogP contribution in [0.5, 0.6) is 0 Å². The molecule has 0 N–H and O–H groups in total. The van der Waals surface area contributed by atoms with Crippen molar-refractivity contribution in [2.24, 2.45) is 9.98 Å². The van der Waals surface area contributed by atoms with Gasteiger partial charge in [0.15, 0.2) is 0 Å². The maximum Gasteiger partial charge on any atom is 0.0636 e. The van der Waals surface area contributed by atoms with Gasteiger partial charge in [-0.1, -0.05) is 84.1 Å². The van der Waals surface area contributed by atoms with Gasteiger partial charge in [-0.15, -0.1) is 0 Å². The summed E-state index contributed by atoms with van der Waals surface area (Å²) in [4.78, 5) is 10.3. The molecule has 0 spiro atoms. The van der Waals surface area contributed by atoms with Gasteiger partial charge in [0.05, 0.1) is 22.8 Å². The van der Waals surface area contributed by atoms with Crippen molar-refractivity contribution < 1.29 is 16.5 Å². The normalized spacial score (nSPS) is 12.0. The van der Waals surface area contributed by atoms with Gasteiger partial charge in [-0.25, -0.2) is 0 Å². The monoisotopic (exact) mass is 476 g/mol. The molecule has 178 valence electrons. The number of aliphatic imine (C=N–C) groups is 2. The summed E-state index contributed by atoms with van der Waals surface area (Å²) in [5.74, 6) is 0. The zero-order valence-electron chi connectivity index (χ0n) is 20.6. The Kier molecular flexibility index (Phi) is 14.9. The van der Waals surface area contributed by atoms with Crippen LogP contribution in [0.1, 0.15) is 96.6 Å². The van der Waals surface area contributed by atoms with E-state index < -0.39 is 0 Å². The largest absolute Gasteiger partial charge is 0.252 e. The summed E-state index contributed by atoms with van der Waals surface area (Å²) in [6, 6.07) is 17.2. The summed E-state index contributed by atoms with van der Waals surface area (Å²) in [6.45, 7) is 9.03. The van der Waals surface area contributed by atoms with Crippen molar-refractivity contribution in [3.05, 3.63) is 59.7 Å². The third-order valence-electron chi connectivity index (χ3n) is 5.63. The van der Waals surface area contributed by atoms with Crippen molar-refractivity contribution >= 4 is 22.8 Å². The molecule has 0 aliphatic rings. The van der Waals surface area contributed by atoms with Gasteiger partial charge in [0.2, 0.25) is 0 Å². The van der Waals surface area contributed by atoms with Crippen LogP contribution in [0.15, 0.2) is 58.5 Å². The SMILES string of the molecule is CCCCCC(=Nc1ccc(CCC)c(CCC)c1)C(CCCC)=Nc1ccccc1.[Ni]. The number of hydrogen-bond donors (Lipinski definition) is 0. The van der Waals surface area contributed by atoms with Crippen molar-refractivity contribution in [3.8, 4) is 0 Å². The van der Waals surface area contributed by atoms with Gasteiger partial charge in [0.25, 0.3) is 0 Å². The molecule has 2 aromatic rings. The minimum Gasteiger partial charge on any atom is -0.252 e. The molecular weight excluding hydrogens is 435 g/mol. The summed E-state index contributed by atoms with van der Waals surface area (Å²) >= 11 is 0. The molecule has 3 heteroatoms. The van der Waals surface area contributed by atoms with Gasteiger partial charge >= 0.3 is 0 Å². The van der Waals surface area contributed by atoms with E-state index in [2.05, 4.69) is 70.2 Å². The van der Waals surface area contributed by atoms with Crippen molar-refractivity contribution in [2.45, 2.75) is 98.3 Å². The van der Waals surface area contributed by atoms with Crippen molar-refractivity contribution in [3.63, 3.8) is 0 Å². The van der Waals surface area contributed by atoms with Crippen LogP contribution in [0.3, 0.4) is 0 Å². The van der Waals surface area contributed by atoms with E-state index in [1.807, 2.05) is 6.07 Å². The van der Waals surface area contributed by atoms with E-state index in [4.69, 9.17) is 9.98 Å². The summed E-state index contributed by atoms with van der Waals surface area (Å²) in [5, 5.41) is 0. The molecule has 0 heterocycles. The van der Waals surface area contributed by atoms with Crippen LogP contribution < -0.4 is 0 Å². The number of aryl methyl sites for hydroxylation is 2. The van der Waals surface area contributed by atoms with E-state index in [0.29, 0.717) is 0 Å². The van der Waals surface area contributed by atoms with Gasteiger partial charge in [0, 0.05) is 16.5 Å². The summed E-state index contributed by atoms with van der Waals surface area (Å²) < 4.78 is 0. The van der Waals surface area contributed by atoms with Crippen LogP contribution in [-0.4, -0.2) is 11.4 Å². The minimum absolute atomic E-state index is 0. The molecule has 0 aliphatic carbocycles. The number of nitrogens with zero attached hydrogens (tertiary/aromatic N) is 2. The number of rotatable bonds is 14. The maximum atomic E-state index is 5.21. The molecule has 32 heavy (non-hydrogen) atoms. The quantitative estimate of drug-likeness (QED) is 0.147. The Morgan fingerprint density at radius 1 is 0.594 bits per heavy atom. The smallest absolute Gasteiger partial charge is 0.0636 e. The Morgan fingerprint density at radius 3 is 1.81 bits per heavy atom. The first-order chi connectivity index (χ1) is 15.2. The van der Waals surface area contributed by atoms with Crippen LogP contribution in [0, 0.1) is 0 Å². The van der Waals surface area contributed by atoms with Crippen LogP contribution in [0.25, 0.3) is 0 Å². The second-order valence-electron chi connectivity index (χ2n) is 8.47. The molecule has 0 unspecified atom stereocenters. The standard InChI is InChI=1S/C29H42N2.Ni/c1-5-9-12-20-29(28(19-10-6-2)30-26-17-13-11-14-18-26)31-27-22-21-24(15-7-3)25(23-27)16-8-4;/h11,13-14,17-18,21-23H,5-10,12,15-16,19-20H2,1-4H3;. The minimum atomic E-state index is 0. The molecule has 0 bridgehead atoms. The van der Waals surface area contributed by atoms with Gasteiger partial charge in [-0.3, -0.25) is 9.98 Å². The molecule has 0 atom stereocenters. The maximum absolute atomic E-state index is 5.21. The molecule has 0 amide bonds. The number of hydrogen-bond acceptors (Lipinski definition) is 2. The molecule has 2 aromatic carbocycles. The topological polar surface area (TPSA) is 24.7 Å². The molecule has 0 radical (unpaired) electrons. The molecule has 2 rings (SSSR count). The van der Waals surface area contributed by atoms with Crippen molar-refractivity contribution in [2.75, 3.05) is 0 Å². The molecule has 0 fully saturated rings. The molecule has 2 nitrogen and oxygen atoms in total. The fraction of sp³-hybridized carbons (Fsp3) is 0.517.